The minimum Gasteiger partial charge on any atom is -0.484 e. The third-order valence-electron chi connectivity index (χ3n) is 7.26. The molecule has 2 atom stereocenters. The summed E-state index contributed by atoms with van der Waals surface area (Å²) >= 11 is 7.06. The van der Waals surface area contributed by atoms with E-state index in [0.29, 0.717) is 5.75 Å². The summed E-state index contributed by atoms with van der Waals surface area (Å²) in [5.74, 6) is 0.685. The predicted molar refractivity (Wildman–Crippen MR) is 160 cm³/mol. The molecule has 0 aromatic heterocycles. The van der Waals surface area contributed by atoms with Crippen LogP contribution in [0, 0.1) is 5.92 Å². The summed E-state index contributed by atoms with van der Waals surface area (Å²) in [6.45, 7) is -0.0688. The number of halogens is 2. The minimum atomic E-state index is -0.153. The molecule has 0 N–H and O–H groups in total. The van der Waals surface area contributed by atoms with Gasteiger partial charge in [-0.1, -0.05) is 86.5 Å². The third kappa shape index (κ3) is 5.20. The van der Waals surface area contributed by atoms with Gasteiger partial charge < -0.3 is 4.74 Å². The summed E-state index contributed by atoms with van der Waals surface area (Å²) in [5.41, 5.74) is 4.44. The number of carbonyl (C=O) groups is 1. The molecular weight excluding hydrogens is 604 g/mol. The van der Waals surface area contributed by atoms with Crippen molar-refractivity contribution in [2.45, 2.75) is 25.3 Å². The molecular formula is C32H26Br2N2O2. The van der Waals surface area contributed by atoms with Crippen LogP contribution >= 0.6 is 31.9 Å². The standard InChI is InChI=1S/C32H26Br2N2O2/c33-26-13-8-21(9-14-26)18-25-6-3-7-29-31(25)35-36(32(29)23-10-15-27(34)16-11-23)30(37)20-38-28-17-12-22-4-1-2-5-24(22)19-28/h1-2,4-5,8-19,29,32H,3,6-7,20H2/b25-18+/t29-,32+/m1/s1. The first-order chi connectivity index (χ1) is 18.5. The molecule has 1 aliphatic heterocycles. The van der Waals surface area contributed by atoms with Gasteiger partial charge in [-0.3, -0.25) is 4.79 Å². The highest BCUT2D eigenvalue weighted by molar-refractivity contribution is 9.10. The van der Waals surface area contributed by atoms with E-state index in [1.54, 1.807) is 5.01 Å². The Labute approximate surface area is 239 Å². The monoisotopic (exact) mass is 628 g/mol. The number of fused-ring (bicyclic) bond motifs is 2. The summed E-state index contributed by atoms with van der Waals surface area (Å²) in [4.78, 5) is 13.6. The molecule has 4 nitrogen and oxygen atoms in total. The molecule has 38 heavy (non-hydrogen) atoms. The van der Waals surface area contributed by atoms with E-state index in [4.69, 9.17) is 9.84 Å². The lowest BCUT2D eigenvalue weighted by Gasteiger charge is -2.29. The lowest BCUT2D eigenvalue weighted by Crippen LogP contribution is -2.34. The highest BCUT2D eigenvalue weighted by Gasteiger charge is 2.43. The van der Waals surface area contributed by atoms with Crippen LogP contribution in [0.4, 0.5) is 0 Å². The Hall–Kier alpha value is -3.22. The van der Waals surface area contributed by atoms with E-state index < -0.39 is 0 Å². The lowest BCUT2D eigenvalue weighted by atomic mass is 9.77. The first kappa shape index (κ1) is 25.1. The summed E-state index contributed by atoms with van der Waals surface area (Å²) in [6, 6.07) is 30.4. The van der Waals surface area contributed by atoms with Gasteiger partial charge in [-0.25, -0.2) is 5.01 Å². The Balaban J connectivity index is 1.30. The fraction of sp³-hybridized carbons (Fsp3) is 0.188. The Morgan fingerprint density at radius 2 is 1.63 bits per heavy atom. The summed E-state index contributed by atoms with van der Waals surface area (Å²) in [6.07, 6.45) is 5.23. The second kappa shape index (κ2) is 10.9. The van der Waals surface area contributed by atoms with Crippen molar-refractivity contribution in [3.8, 4) is 5.75 Å². The number of hydrogen-bond acceptors (Lipinski definition) is 3. The molecule has 1 heterocycles. The number of nitrogens with zero attached hydrogens (tertiary/aromatic N) is 2. The van der Waals surface area contributed by atoms with Crippen LogP contribution in [0.3, 0.4) is 0 Å². The number of rotatable bonds is 5. The molecule has 6 rings (SSSR count). The number of hydrogen-bond donors (Lipinski definition) is 0. The molecule has 4 aromatic rings. The van der Waals surface area contributed by atoms with Gasteiger partial charge in [0.15, 0.2) is 6.61 Å². The van der Waals surface area contributed by atoms with E-state index in [9.17, 15) is 4.79 Å². The van der Waals surface area contributed by atoms with Crippen LogP contribution in [0.5, 0.6) is 5.75 Å². The first-order valence-electron chi connectivity index (χ1n) is 12.8. The molecule has 190 valence electrons. The van der Waals surface area contributed by atoms with Crippen molar-refractivity contribution in [1.82, 2.24) is 5.01 Å². The van der Waals surface area contributed by atoms with Crippen LogP contribution in [0.15, 0.2) is 111 Å². The first-order valence-corrected chi connectivity index (χ1v) is 14.4. The minimum absolute atomic E-state index is 0.0688. The maximum absolute atomic E-state index is 13.6. The molecule has 0 saturated heterocycles. The van der Waals surface area contributed by atoms with Crippen LogP contribution in [-0.4, -0.2) is 23.2 Å². The van der Waals surface area contributed by atoms with Gasteiger partial charge in [0.2, 0.25) is 0 Å². The molecule has 1 amide bonds. The van der Waals surface area contributed by atoms with Gasteiger partial charge in [0.25, 0.3) is 5.91 Å². The number of hydrazone groups is 1. The van der Waals surface area contributed by atoms with E-state index in [2.05, 4.69) is 68.3 Å². The largest absolute Gasteiger partial charge is 0.484 e. The Morgan fingerprint density at radius 3 is 2.39 bits per heavy atom. The number of benzene rings is 4. The van der Waals surface area contributed by atoms with E-state index in [1.165, 1.54) is 5.57 Å². The molecule has 0 bridgehead atoms. The van der Waals surface area contributed by atoms with Gasteiger partial charge in [0.05, 0.1) is 11.8 Å². The molecule has 2 aliphatic rings. The second-order valence-corrected chi connectivity index (χ2v) is 11.6. The normalized spacial score (nSPS) is 19.9. The van der Waals surface area contributed by atoms with Gasteiger partial charge in [0, 0.05) is 14.9 Å². The summed E-state index contributed by atoms with van der Waals surface area (Å²) in [7, 11) is 0. The molecule has 1 aliphatic carbocycles. The smallest absolute Gasteiger partial charge is 0.281 e. The van der Waals surface area contributed by atoms with Crippen LogP contribution < -0.4 is 4.74 Å². The third-order valence-corrected chi connectivity index (χ3v) is 8.32. The van der Waals surface area contributed by atoms with Crippen LogP contribution in [0.2, 0.25) is 0 Å². The average Bonchev–Trinajstić information content (AvgIpc) is 3.34. The summed E-state index contributed by atoms with van der Waals surface area (Å²) < 4.78 is 8.06. The summed E-state index contributed by atoms with van der Waals surface area (Å²) in [5, 5.41) is 8.87. The molecule has 1 fully saturated rings. The number of allylic oxidation sites excluding steroid dienone is 1. The average molecular weight is 630 g/mol. The second-order valence-electron chi connectivity index (χ2n) is 9.74. The van der Waals surface area contributed by atoms with Crippen molar-refractivity contribution in [3.05, 3.63) is 117 Å². The van der Waals surface area contributed by atoms with E-state index in [-0.39, 0.29) is 24.5 Å². The maximum atomic E-state index is 13.6. The molecule has 0 unspecified atom stereocenters. The highest BCUT2D eigenvalue weighted by atomic mass is 79.9. The van der Waals surface area contributed by atoms with Gasteiger partial charge >= 0.3 is 0 Å². The number of carbonyl (C=O) groups excluding carboxylic acids is 1. The van der Waals surface area contributed by atoms with Crippen LogP contribution in [-0.2, 0) is 4.79 Å². The molecule has 0 radical (unpaired) electrons. The molecule has 0 spiro atoms. The van der Waals surface area contributed by atoms with Crippen molar-refractivity contribution in [3.63, 3.8) is 0 Å². The fourth-order valence-electron chi connectivity index (χ4n) is 5.43. The van der Waals surface area contributed by atoms with Crippen LogP contribution in [0.25, 0.3) is 16.8 Å². The Kier molecular flexibility index (Phi) is 7.18. The Bertz CT molecular complexity index is 1540. The number of ether oxygens (including phenoxy) is 1. The van der Waals surface area contributed by atoms with Gasteiger partial charge in [-0.05, 0) is 89.2 Å². The predicted octanol–water partition coefficient (Wildman–Crippen LogP) is 8.57. The Morgan fingerprint density at radius 1 is 0.921 bits per heavy atom. The van der Waals surface area contributed by atoms with Crippen molar-refractivity contribution in [1.29, 1.82) is 0 Å². The zero-order chi connectivity index (χ0) is 26.1. The zero-order valence-corrected chi connectivity index (χ0v) is 23.9. The zero-order valence-electron chi connectivity index (χ0n) is 20.7. The fourth-order valence-corrected chi connectivity index (χ4v) is 5.96. The van der Waals surface area contributed by atoms with Crippen molar-refractivity contribution in [2.24, 2.45) is 11.0 Å². The van der Waals surface area contributed by atoms with Gasteiger partial charge in [-0.2, -0.15) is 5.10 Å². The van der Waals surface area contributed by atoms with Gasteiger partial charge in [0.1, 0.15) is 5.75 Å². The maximum Gasteiger partial charge on any atom is 0.281 e. The molecule has 1 saturated carbocycles. The quantitative estimate of drug-likeness (QED) is 0.222. The van der Waals surface area contributed by atoms with Crippen molar-refractivity contribution >= 4 is 60.3 Å². The SMILES string of the molecule is O=C(COc1ccc2ccccc2c1)N1N=C2/C(=C/c3ccc(Br)cc3)CCC[C@H]2[C@@H]1c1ccc(Br)cc1. The lowest BCUT2D eigenvalue weighted by molar-refractivity contribution is -0.135. The van der Waals surface area contributed by atoms with E-state index in [0.717, 1.165) is 55.8 Å². The van der Waals surface area contributed by atoms with Crippen molar-refractivity contribution < 1.29 is 9.53 Å². The highest BCUT2D eigenvalue weighted by Crippen LogP contribution is 2.44. The van der Waals surface area contributed by atoms with Crippen LogP contribution in [0.1, 0.15) is 36.4 Å². The van der Waals surface area contributed by atoms with Crippen molar-refractivity contribution in [2.75, 3.05) is 6.61 Å². The number of amides is 1. The van der Waals surface area contributed by atoms with E-state index >= 15 is 0 Å². The molecule has 6 heteroatoms. The molecule has 4 aromatic carbocycles. The topological polar surface area (TPSA) is 41.9 Å². The van der Waals surface area contributed by atoms with Gasteiger partial charge in [-0.15, -0.1) is 0 Å². The van der Waals surface area contributed by atoms with E-state index in [1.807, 2.05) is 60.7 Å².